The second-order valence-corrected chi connectivity index (χ2v) is 3.99. The zero-order valence-electron chi connectivity index (χ0n) is 10.8. The van der Waals surface area contributed by atoms with Crippen LogP contribution in [0.4, 0.5) is 11.5 Å². The number of methoxy groups -OCH3 is 1. The summed E-state index contributed by atoms with van der Waals surface area (Å²) in [7, 11) is 1.48. The van der Waals surface area contributed by atoms with Gasteiger partial charge in [-0.3, -0.25) is 4.79 Å². The number of carbonyl (C=O) groups is 1. The summed E-state index contributed by atoms with van der Waals surface area (Å²) in [6, 6.07) is 7.74. The Labute approximate surface area is 115 Å². The molecule has 0 radical (unpaired) electrons. The number of benzene rings is 1. The molecular formula is C13H14N4O3. The molecule has 0 saturated carbocycles. The molecule has 2 aromatic rings. The quantitative estimate of drug-likeness (QED) is 0.767. The molecule has 20 heavy (non-hydrogen) atoms. The molecule has 0 bridgehead atoms. The fourth-order valence-electron chi connectivity index (χ4n) is 1.54. The Bertz CT molecular complexity index is 658. The van der Waals surface area contributed by atoms with Crippen LogP contribution in [-0.4, -0.2) is 18.0 Å². The number of rotatable bonds is 4. The maximum Gasteiger partial charge on any atom is 0.248 e. The minimum atomic E-state index is -0.585. The Kier molecular flexibility index (Phi) is 3.60. The van der Waals surface area contributed by atoms with E-state index in [1.165, 1.54) is 19.2 Å². The smallest absolute Gasteiger partial charge is 0.248 e. The van der Waals surface area contributed by atoms with Crippen molar-refractivity contribution in [2.45, 2.75) is 0 Å². The largest absolute Gasteiger partial charge is 0.497 e. The predicted octanol–water partition coefficient (Wildman–Crippen LogP) is 1.15. The Morgan fingerprint density at radius 3 is 2.45 bits per heavy atom. The summed E-state index contributed by atoms with van der Waals surface area (Å²) in [5.74, 6) is 0.633. The van der Waals surface area contributed by atoms with E-state index in [1.54, 1.807) is 18.2 Å². The van der Waals surface area contributed by atoms with Crippen molar-refractivity contribution in [3.8, 4) is 17.4 Å². The number of nitrogens with zero attached hydrogens (tertiary/aromatic N) is 1. The molecule has 0 fully saturated rings. The molecule has 7 heteroatoms. The van der Waals surface area contributed by atoms with Gasteiger partial charge in [0.15, 0.2) is 5.82 Å². The first-order chi connectivity index (χ1) is 9.49. The summed E-state index contributed by atoms with van der Waals surface area (Å²) in [5.41, 5.74) is 17.0. The number of pyridine rings is 1. The summed E-state index contributed by atoms with van der Waals surface area (Å²) < 4.78 is 10.6. The lowest BCUT2D eigenvalue weighted by atomic mass is 10.2. The third-order valence-corrected chi connectivity index (χ3v) is 2.55. The van der Waals surface area contributed by atoms with Crippen LogP contribution in [0, 0.1) is 0 Å². The molecule has 0 atom stereocenters. The van der Waals surface area contributed by atoms with E-state index in [9.17, 15) is 4.79 Å². The second-order valence-electron chi connectivity index (χ2n) is 3.99. The van der Waals surface area contributed by atoms with E-state index in [0.717, 1.165) is 0 Å². The van der Waals surface area contributed by atoms with Crippen LogP contribution in [-0.2, 0) is 0 Å². The molecule has 0 aliphatic rings. The molecular weight excluding hydrogens is 260 g/mol. The third-order valence-electron chi connectivity index (χ3n) is 2.55. The van der Waals surface area contributed by atoms with Crippen molar-refractivity contribution >= 4 is 17.4 Å². The lowest BCUT2D eigenvalue weighted by Gasteiger charge is -2.09. The summed E-state index contributed by atoms with van der Waals surface area (Å²) in [6.07, 6.45) is 0. The van der Waals surface area contributed by atoms with Crippen LogP contribution in [0.2, 0.25) is 0 Å². The van der Waals surface area contributed by atoms with E-state index >= 15 is 0 Å². The summed E-state index contributed by atoms with van der Waals surface area (Å²) in [6.45, 7) is 0. The van der Waals surface area contributed by atoms with Gasteiger partial charge in [0, 0.05) is 17.7 Å². The van der Waals surface area contributed by atoms with Gasteiger partial charge in [-0.1, -0.05) is 0 Å². The number of nitrogens with two attached hydrogens (primary N) is 3. The first-order valence-corrected chi connectivity index (χ1v) is 5.68. The molecule has 1 aromatic heterocycles. The molecule has 1 aromatic carbocycles. The van der Waals surface area contributed by atoms with Crippen molar-refractivity contribution in [2.75, 3.05) is 18.6 Å². The minimum absolute atomic E-state index is 0.167. The first kappa shape index (κ1) is 13.5. The van der Waals surface area contributed by atoms with Gasteiger partial charge in [0.1, 0.15) is 11.5 Å². The van der Waals surface area contributed by atoms with Gasteiger partial charge >= 0.3 is 0 Å². The molecule has 0 aliphatic heterocycles. The van der Waals surface area contributed by atoms with Crippen molar-refractivity contribution in [1.82, 2.24) is 4.98 Å². The topological polar surface area (TPSA) is 126 Å². The highest BCUT2D eigenvalue weighted by molar-refractivity contribution is 5.93. The molecule has 6 N–H and O–H groups in total. The minimum Gasteiger partial charge on any atom is -0.497 e. The highest BCUT2D eigenvalue weighted by atomic mass is 16.5. The maximum atomic E-state index is 11.2. The Balaban J connectivity index is 2.34. The van der Waals surface area contributed by atoms with Gasteiger partial charge in [-0.05, 0) is 18.2 Å². The van der Waals surface area contributed by atoms with E-state index in [0.29, 0.717) is 17.2 Å². The molecule has 7 nitrogen and oxygen atoms in total. The van der Waals surface area contributed by atoms with Crippen LogP contribution >= 0.6 is 0 Å². The number of anilines is 2. The molecule has 104 valence electrons. The zero-order valence-corrected chi connectivity index (χ0v) is 10.8. The highest BCUT2D eigenvalue weighted by Gasteiger charge is 2.09. The van der Waals surface area contributed by atoms with Crippen molar-refractivity contribution in [2.24, 2.45) is 5.73 Å². The first-order valence-electron chi connectivity index (χ1n) is 5.68. The van der Waals surface area contributed by atoms with Gasteiger partial charge in [-0.15, -0.1) is 0 Å². The average Bonchev–Trinajstić information content (AvgIpc) is 2.42. The number of ether oxygens (including phenoxy) is 2. The van der Waals surface area contributed by atoms with Gasteiger partial charge in [-0.2, -0.15) is 4.98 Å². The number of nitrogen functional groups attached to an aromatic ring is 2. The lowest BCUT2D eigenvalue weighted by Crippen LogP contribution is -2.11. The number of amides is 1. The van der Waals surface area contributed by atoms with Gasteiger partial charge in [0.2, 0.25) is 11.8 Å². The van der Waals surface area contributed by atoms with Crippen LogP contribution in [0.1, 0.15) is 10.4 Å². The van der Waals surface area contributed by atoms with Gasteiger partial charge in [0.25, 0.3) is 0 Å². The van der Waals surface area contributed by atoms with E-state index < -0.39 is 5.91 Å². The zero-order chi connectivity index (χ0) is 14.7. The standard InChI is InChI=1S/C13H14N4O3/c1-19-8-4-7(13(16)18)5-9(6-8)20-11-3-2-10(14)12(15)17-11/h2-6H,14H2,1H3,(H2,15,17)(H2,16,18). The summed E-state index contributed by atoms with van der Waals surface area (Å²) in [5, 5.41) is 0. The van der Waals surface area contributed by atoms with Crippen molar-refractivity contribution in [3.63, 3.8) is 0 Å². The van der Waals surface area contributed by atoms with E-state index in [2.05, 4.69) is 4.98 Å². The van der Waals surface area contributed by atoms with Gasteiger partial charge in [0.05, 0.1) is 12.8 Å². The van der Waals surface area contributed by atoms with Gasteiger partial charge < -0.3 is 26.7 Å². The van der Waals surface area contributed by atoms with Crippen LogP contribution in [0.3, 0.4) is 0 Å². The molecule has 0 spiro atoms. The summed E-state index contributed by atoms with van der Waals surface area (Å²) >= 11 is 0. The van der Waals surface area contributed by atoms with Crippen LogP contribution in [0.5, 0.6) is 17.4 Å². The van der Waals surface area contributed by atoms with Crippen LogP contribution < -0.4 is 26.7 Å². The van der Waals surface area contributed by atoms with E-state index in [4.69, 9.17) is 26.7 Å². The average molecular weight is 274 g/mol. The number of primary amides is 1. The molecule has 0 saturated heterocycles. The van der Waals surface area contributed by atoms with Crippen molar-refractivity contribution in [3.05, 3.63) is 35.9 Å². The monoisotopic (exact) mass is 274 g/mol. The molecule has 1 amide bonds. The van der Waals surface area contributed by atoms with Crippen molar-refractivity contribution in [1.29, 1.82) is 0 Å². The van der Waals surface area contributed by atoms with Gasteiger partial charge in [-0.25, -0.2) is 0 Å². The second kappa shape index (κ2) is 5.35. The SMILES string of the molecule is COc1cc(Oc2ccc(N)c(N)n2)cc(C(N)=O)c1. The van der Waals surface area contributed by atoms with Crippen molar-refractivity contribution < 1.29 is 14.3 Å². The predicted molar refractivity (Wildman–Crippen MR) is 74.6 cm³/mol. The molecule has 2 rings (SSSR count). The van der Waals surface area contributed by atoms with Crippen LogP contribution in [0.15, 0.2) is 30.3 Å². The number of aromatic nitrogens is 1. The van der Waals surface area contributed by atoms with E-state index in [1.807, 2.05) is 0 Å². The normalized spacial score (nSPS) is 10.1. The third kappa shape index (κ3) is 2.89. The lowest BCUT2D eigenvalue weighted by molar-refractivity contribution is 0.0999. The Morgan fingerprint density at radius 2 is 1.85 bits per heavy atom. The number of carbonyl (C=O) groups excluding carboxylic acids is 1. The Hall–Kier alpha value is -2.96. The molecule has 1 heterocycles. The fraction of sp³-hybridized carbons (Fsp3) is 0.0769. The fourth-order valence-corrected chi connectivity index (χ4v) is 1.54. The van der Waals surface area contributed by atoms with E-state index in [-0.39, 0.29) is 17.3 Å². The molecule has 0 unspecified atom stereocenters. The molecule has 0 aliphatic carbocycles. The highest BCUT2D eigenvalue weighted by Crippen LogP contribution is 2.27. The number of hydrogen-bond acceptors (Lipinski definition) is 6. The maximum absolute atomic E-state index is 11.2. The Morgan fingerprint density at radius 1 is 1.15 bits per heavy atom. The van der Waals surface area contributed by atoms with Crippen LogP contribution in [0.25, 0.3) is 0 Å². The summed E-state index contributed by atoms with van der Waals surface area (Å²) in [4.78, 5) is 15.2. The number of hydrogen-bond donors (Lipinski definition) is 3.